The minimum absolute atomic E-state index is 0.148. The first-order valence-electron chi connectivity index (χ1n) is 5.85. The van der Waals surface area contributed by atoms with E-state index in [-0.39, 0.29) is 12.4 Å². The molecule has 0 atom stereocenters. The molecule has 0 saturated carbocycles. The van der Waals surface area contributed by atoms with Crippen LogP contribution in [-0.4, -0.2) is 11.7 Å². The Bertz CT molecular complexity index is 594. The van der Waals surface area contributed by atoms with Crippen molar-refractivity contribution in [1.29, 1.82) is 0 Å². The van der Waals surface area contributed by atoms with Crippen LogP contribution in [0.1, 0.15) is 11.1 Å². The number of hydrogen-bond acceptors (Lipinski definition) is 2. The summed E-state index contributed by atoms with van der Waals surface area (Å²) in [5, 5.41) is 8.59. The summed E-state index contributed by atoms with van der Waals surface area (Å²) < 4.78 is 18.4. The highest BCUT2D eigenvalue weighted by atomic mass is 19.1. The van der Waals surface area contributed by atoms with Crippen LogP contribution in [0, 0.1) is 17.7 Å². The summed E-state index contributed by atoms with van der Waals surface area (Å²) in [4.78, 5) is 0. The molecule has 0 aliphatic carbocycles. The van der Waals surface area contributed by atoms with Gasteiger partial charge < -0.3 is 9.84 Å². The Balaban J connectivity index is 1.96. The quantitative estimate of drug-likeness (QED) is 0.856. The molecular weight excluding hydrogens is 243 g/mol. The van der Waals surface area contributed by atoms with Gasteiger partial charge in [-0.05, 0) is 29.8 Å². The number of halogens is 1. The molecular formula is C16H13FO2. The smallest absolute Gasteiger partial charge is 0.126 e. The molecule has 0 aliphatic heterocycles. The average molecular weight is 256 g/mol. The van der Waals surface area contributed by atoms with E-state index in [4.69, 9.17) is 9.84 Å². The van der Waals surface area contributed by atoms with Crippen LogP contribution in [0.2, 0.25) is 0 Å². The lowest BCUT2D eigenvalue weighted by Gasteiger charge is -2.06. The van der Waals surface area contributed by atoms with Gasteiger partial charge in [-0.25, -0.2) is 4.39 Å². The molecule has 19 heavy (non-hydrogen) atoms. The summed E-state index contributed by atoms with van der Waals surface area (Å²) in [6.07, 6.45) is 0. The van der Waals surface area contributed by atoms with E-state index >= 15 is 0 Å². The van der Waals surface area contributed by atoms with Crippen LogP contribution in [0.4, 0.5) is 4.39 Å². The molecule has 0 bridgehead atoms. The zero-order chi connectivity index (χ0) is 13.5. The van der Waals surface area contributed by atoms with E-state index in [0.717, 1.165) is 11.1 Å². The molecule has 0 radical (unpaired) electrons. The van der Waals surface area contributed by atoms with Gasteiger partial charge in [-0.3, -0.25) is 0 Å². The lowest BCUT2D eigenvalue weighted by Crippen LogP contribution is -1.95. The number of benzene rings is 2. The molecule has 0 spiro atoms. The Hall–Kier alpha value is -2.31. The van der Waals surface area contributed by atoms with E-state index in [9.17, 15) is 4.39 Å². The van der Waals surface area contributed by atoms with Crippen molar-refractivity contribution < 1.29 is 14.2 Å². The Morgan fingerprint density at radius 1 is 1.11 bits per heavy atom. The van der Waals surface area contributed by atoms with Gasteiger partial charge in [0.15, 0.2) is 0 Å². The SMILES string of the molecule is OCC#Cc1ccc(COc2cccc(F)c2)cc1. The largest absolute Gasteiger partial charge is 0.489 e. The van der Waals surface area contributed by atoms with E-state index in [2.05, 4.69) is 11.8 Å². The number of aliphatic hydroxyl groups excluding tert-OH is 1. The van der Waals surface area contributed by atoms with Gasteiger partial charge in [-0.2, -0.15) is 0 Å². The third-order valence-corrected chi connectivity index (χ3v) is 2.47. The van der Waals surface area contributed by atoms with Crippen molar-refractivity contribution in [3.05, 3.63) is 65.5 Å². The van der Waals surface area contributed by atoms with Crippen molar-refractivity contribution >= 4 is 0 Å². The van der Waals surface area contributed by atoms with Crippen molar-refractivity contribution in [2.24, 2.45) is 0 Å². The maximum absolute atomic E-state index is 12.9. The maximum Gasteiger partial charge on any atom is 0.126 e. The third-order valence-electron chi connectivity index (χ3n) is 2.47. The lowest BCUT2D eigenvalue weighted by atomic mass is 10.1. The number of ether oxygens (including phenoxy) is 1. The highest BCUT2D eigenvalue weighted by Crippen LogP contribution is 2.14. The lowest BCUT2D eigenvalue weighted by molar-refractivity contribution is 0.304. The summed E-state index contributed by atoms with van der Waals surface area (Å²) in [6.45, 7) is 0.224. The fourth-order valence-electron chi connectivity index (χ4n) is 1.55. The highest BCUT2D eigenvalue weighted by molar-refractivity contribution is 5.36. The molecule has 96 valence electrons. The molecule has 2 rings (SSSR count). The van der Waals surface area contributed by atoms with Gasteiger partial charge in [0.05, 0.1) is 0 Å². The molecule has 0 amide bonds. The second-order valence-electron chi connectivity index (χ2n) is 3.90. The van der Waals surface area contributed by atoms with Crippen LogP contribution in [0.5, 0.6) is 5.75 Å². The third kappa shape index (κ3) is 4.13. The molecule has 1 N–H and O–H groups in total. The summed E-state index contributed by atoms with van der Waals surface area (Å²) in [5.41, 5.74) is 1.81. The van der Waals surface area contributed by atoms with Gasteiger partial charge in [0.2, 0.25) is 0 Å². The van der Waals surface area contributed by atoms with Gasteiger partial charge in [-0.1, -0.05) is 30.0 Å². The highest BCUT2D eigenvalue weighted by Gasteiger charge is 1.97. The zero-order valence-corrected chi connectivity index (χ0v) is 10.3. The molecule has 3 heteroatoms. The van der Waals surface area contributed by atoms with Gasteiger partial charge in [0.25, 0.3) is 0 Å². The number of rotatable bonds is 3. The number of aliphatic hydroxyl groups is 1. The molecule has 0 fully saturated rings. The van der Waals surface area contributed by atoms with Crippen LogP contribution < -0.4 is 4.74 Å². The van der Waals surface area contributed by atoms with Gasteiger partial charge in [-0.15, -0.1) is 0 Å². The molecule has 2 aromatic rings. The van der Waals surface area contributed by atoms with Crippen molar-refractivity contribution in [3.8, 4) is 17.6 Å². The molecule has 0 aromatic heterocycles. The van der Waals surface area contributed by atoms with Crippen molar-refractivity contribution in [2.45, 2.75) is 6.61 Å². The predicted molar refractivity (Wildman–Crippen MR) is 71.1 cm³/mol. The van der Waals surface area contributed by atoms with Crippen molar-refractivity contribution in [3.63, 3.8) is 0 Å². The second-order valence-corrected chi connectivity index (χ2v) is 3.90. The van der Waals surface area contributed by atoms with Crippen LogP contribution in [-0.2, 0) is 6.61 Å². The van der Waals surface area contributed by atoms with E-state index in [0.29, 0.717) is 12.4 Å². The van der Waals surface area contributed by atoms with Crippen LogP contribution in [0.15, 0.2) is 48.5 Å². The fraction of sp³-hybridized carbons (Fsp3) is 0.125. The zero-order valence-electron chi connectivity index (χ0n) is 10.3. The molecule has 0 saturated heterocycles. The summed E-state index contributed by atoms with van der Waals surface area (Å²) in [5.74, 6) is 5.58. The fourth-order valence-corrected chi connectivity index (χ4v) is 1.55. The minimum atomic E-state index is -0.313. The molecule has 2 nitrogen and oxygen atoms in total. The van der Waals surface area contributed by atoms with Crippen LogP contribution in [0.3, 0.4) is 0 Å². The first-order valence-corrected chi connectivity index (χ1v) is 5.85. The molecule has 2 aromatic carbocycles. The van der Waals surface area contributed by atoms with Gasteiger partial charge in [0.1, 0.15) is 24.8 Å². The molecule has 0 unspecified atom stereocenters. The van der Waals surface area contributed by atoms with Crippen LogP contribution in [0.25, 0.3) is 0 Å². The minimum Gasteiger partial charge on any atom is -0.489 e. The standard InChI is InChI=1S/C16H13FO2/c17-15-4-1-5-16(11-15)19-12-14-8-6-13(7-9-14)3-2-10-18/h1,4-9,11,18H,10,12H2. The average Bonchev–Trinajstić information content (AvgIpc) is 2.44. The van der Waals surface area contributed by atoms with Crippen molar-refractivity contribution in [1.82, 2.24) is 0 Å². The van der Waals surface area contributed by atoms with Crippen molar-refractivity contribution in [2.75, 3.05) is 6.61 Å². The first kappa shape index (κ1) is 13.1. The van der Waals surface area contributed by atoms with E-state index in [1.54, 1.807) is 12.1 Å². The molecule has 0 heterocycles. The summed E-state index contributed by atoms with van der Waals surface area (Å²) in [7, 11) is 0. The van der Waals surface area contributed by atoms with E-state index in [1.165, 1.54) is 12.1 Å². The van der Waals surface area contributed by atoms with Gasteiger partial charge >= 0.3 is 0 Å². The molecule has 0 aliphatic rings. The van der Waals surface area contributed by atoms with Gasteiger partial charge in [0, 0.05) is 11.6 Å². The van der Waals surface area contributed by atoms with E-state index in [1.807, 2.05) is 24.3 Å². The maximum atomic E-state index is 12.9. The monoisotopic (exact) mass is 256 g/mol. The predicted octanol–water partition coefficient (Wildman–Crippen LogP) is 2.75. The normalized spacial score (nSPS) is 9.58. The Morgan fingerprint density at radius 3 is 2.58 bits per heavy atom. The summed E-state index contributed by atoms with van der Waals surface area (Å²) >= 11 is 0. The topological polar surface area (TPSA) is 29.5 Å². The Labute approximate surface area is 111 Å². The first-order chi connectivity index (χ1) is 9.28. The Morgan fingerprint density at radius 2 is 1.89 bits per heavy atom. The number of hydrogen-bond donors (Lipinski definition) is 1. The Kier molecular flexibility index (Phi) is 4.54. The second kappa shape index (κ2) is 6.58. The summed E-state index contributed by atoms with van der Waals surface area (Å²) in [6, 6.07) is 13.5. The van der Waals surface area contributed by atoms with Crippen LogP contribution >= 0.6 is 0 Å². The van der Waals surface area contributed by atoms with E-state index < -0.39 is 0 Å².